The highest BCUT2D eigenvalue weighted by atomic mass is 16.1. The van der Waals surface area contributed by atoms with Gasteiger partial charge in [0.15, 0.2) is 0 Å². The van der Waals surface area contributed by atoms with Crippen molar-refractivity contribution in [2.45, 2.75) is 51.0 Å². The van der Waals surface area contributed by atoms with Gasteiger partial charge in [-0.3, -0.25) is 4.79 Å². The van der Waals surface area contributed by atoms with E-state index in [4.69, 9.17) is 0 Å². The van der Waals surface area contributed by atoms with Crippen LogP contribution in [0.3, 0.4) is 0 Å². The van der Waals surface area contributed by atoms with Crippen LogP contribution >= 0.6 is 0 Å². The summed E-state index contributed by atoms with van der Waals surface area (Å²) in [5.74, 6) is 1.85. The number of rotatable bonds is 3. The molecule has 0 heterocycles. The van der Waals surface area contributed by atoms with E-state index in [0.29, 0.717) is 6.04 Å². The van der Waals surface area contributed by atoms with Crippen LogP contribution in [-0.4, -0.2) is 11.9 Å². The number of benzene rings is 2. The van der Waals surface area contributed by atoms with Crippen molar-refractivity contribution < 1.29 is 4.79 Å². The van der Waals surface area contributed by atoms with E-state index in [1.807, 2.05) is 42.5 Å². The highest BCUT2D eigenvalue weighted by molar-refractivity contribution is 5.94. The smallest absolute Gasteiger partial charge is 0.251 e. The van der Waals surface area contributed by atoms with Crippen LogP contribution in [0.2, 0.25) is 0 Å². The van der Waals surface area contributed by atoms with E-state index < -0.39 is 0 Å². The van der Waals surface area contributed by atoms with Crippen LogP contribution in [0.4, 0.5) is 0 Å². The zero-order valence-electron chi connectivity index (χ0n) is 14.8. The van der Waals surface area contributed by atoms with Gasteiger partial charge in [0.2, 0.25) is 0 Å². The Bertz CT molecular complexity index is 707. The fourth-order valence-electron chi connectivity index (χ4n) is 4.72. The number of carbonyl (C=O) groups is 1. The molecule has 2 aromatic rings. The fraction of sp³-hybridized carbons (Fsp3) is 0.435. The minimum Gasteiger partial charge on any atom is -0.349 e. The molecular weight excluding hydrogens is 306 g/mol. The summed E-state index contributed by atoms with van der Waals surface area (Å²) >= 11 is 0. The third-order valence-corrected chi connectivity index (χ3v) is 6.13. The Morgan fingerprint density at radius 2 is 1.44 bits per heavy atom. The lowest BCUT2D eigenvalue weighted by atomic mass is 9.69. The standard InChI is InChI=1S/C23H27NO/c25-23(24-22-15-14-18-8-4-5-9-21(18)16-22)20-12-10-19(11-13-20)17-6-2-1-3-7-17/h1-3,6-7,10-13,18,21-22H,4-5,8-9,14-16H2,(H,24,25)/t18?,21?,22-/m0/s1. The van der Waals surface area contributed by atoms with Gasteiger partial charge in [-0.2, -0.15) is 0 Å². The molecular formula is C23H27NO. The molecule has 3 atom stereocenters. The third kappa shape index (κ3) is 3.78. The van der Waals surface area contributed by atoms with Crippen LogP contribution in [-0.2, 0) is 0 Å². The second-order valence-electron chi connectivity index (χ2n) is 7.73. The monoisotopic (exact) mass is 333 g/mol. The average molecular weight is 333 g/mol. The third-order valence-electron chi connectivity index (χ3n) is 6.13. The van der Waals surface area contributed by atoms with Gasteiger partial charge in [0, 0.05) is 11.6 Å². The van der Waals surface area contributed by atoms with Crippen molar-refractivity contribution in [3.05, 3.63) is 60.2 Å². The normalized spacial score (nSPS) is 25.8. The quantitative estimate of drug-likeness (QED) is 0.796. The molecule has 0 aliphatic heterocycles. The minimum absolute atomic E-state index is 0.0823. The van der Waals surface area contributed by atoms with E-state index in [-0.39, 0.29) is 5.91 Å². The van der Waals surface area contributed by atoms with E-state index in [1.54, 1.807) is 0 Å². The first-order valence-corrected chi connectivity index (χ1v) is 9.76. The van der Waals surface area contributed by atoms with Gasteiger partial charge in [-0.05, 0) is 54.4 Å². The van der Waals surface area contributed by atoms with Gasteiger partial charge in [0.05, 0.1) is 0 Å². The van der Waals surface area contributed by atoms with Crippen molar-refractivity contribution in [1.29, 1.82) is 0 Å². The molecule has 2 aliphatic carbocycles. The summed E-state index contributed by atoms with van der Waals surface area (Å²) in [4.78, 5) is 12.6. The predicted molar refractivity (Wildman–Crippen MR) is 102 cm³/mol. The number of amides is 1. The SMILES string of the molecule is O=C(N[C@H]1CCC2CCCCC2C1)c1ccc(-c2ccccc2)cc1. The van der Waals surface area contributed by atoms with Gasteiger partial charge in [0.1, 0.15) is 0 Å². The average Bonchev–Trinajstić information content (AvgIpc) is 2.69. The predicted octanol–water partition coefficient (Wildman–Crippen LogP) is 5.44. The molecule has 2 saturated carbocycles. The molecule has 0 spiro atoms. The summed E-state index contributed by atoms with van der Waals surface area (Å²) in [5.41, 5.74) is 3.11. The van der Waals surface area contributed by atoms with E-state index in [2.05, 4.69) is 17.4 Å². The van der Waals surface area contributed by atoms with Crippen LogP contribution in [0.15, 0.2) is 54.6 Å². The molecule has 1 amide bonds. The van der Waals surface area contributed by atoms with Crippen molar-refractivity contribution in [2.24, 2.45) is 11.8 Å². The lowest BCUT2D eigenvalue weighted by Crippen LogP contribution is -2.41. The number of hydrogen-bond donors (Lipinski definition) is 1. The fourth-order valence-corrected chi connectivity index (χ4v) is 4.72. The van der Waals surface area contributed by atoms with Gasteiger partial charge < -0.3 is 5.32 Å². The number of fused-ring (bicyclic) bond motifs is 1. The topological polar surface area (TPSA) is 29.1 Å². The van der Waals surface area contributed by atoms with Gasteiger partial charge in [0.25, 0.3) is 5.91 Å². The first-order chi connectivity index (χ1) is 12.3. The van der Waals surface area contributed by atoms with Crippen LogP contribution < -0.4 is 5.32 Å². The van der Waals surface area contributed by atoms with E-state index >= 15 is 0 Å². The molecule has 2 aromatic carbocycles. The second kappa shape index (κ2) is 7.43. The van der Waals surface area contributed by atoms with Gasteiger partial charge in [-0.15, -0.1) is 0 Å². The maximum Gasteiger partial charge on any atom is 0.251 e. The largest absolute Gasteiger partial charge is 0.349 e. The first-order valence-electron chi connectivity index (χ1n) is 9.76. The summed E-state index contributed by atoms with van der Waals surface area (Å²) in [7, 11) is 0. The van der Waals surface area contributed by atoms with Crippen molar-refractivity contribution in [2.75, 3.05) is 0 Å². The van der Waals surface area contributed by atoms with Crippen molar-refractivity contribution in [3.63, 3.8) is 0 Å². The number of nitrogens with one attached hydrogen (secondary N) is 1. The molecule has 0 aromatic heterocycles. The summed E-state index contributed by atoms with van der Waals surface area (Å²) < 4.78 is 0. The molecule has 2 unspecified atom stereocenters. The maximum absolute atomic E-state index is 12.6. The van der Waals surface area contributed by atoms with Gasteiger partial charge >= 0.3 is 0 Å². The summed E-state index contributed by atoms with van der Waals surface area (Å²) in [6.45, 7) is 0. The highest BCUT2D eigenvalue weighted by Crippen LogP contribution is 2.40. The first kappa shape index (κ1) is 16.4. The Kier molecular flexibility index (Phi) is 4.87. The molecule has 1 N–H and O–H groups in total. The molecule has 0 saturated heterocycles. The van der Waals surface area contributed by atoms with Gasteiger partial charge in [-0.25, -0.2) is 0 Å². The number of hydrogen-bond acceptors (Lipinski definition) is 1. The molecule has 0 radical (unpaired) electrons. The molecule has 25 heavy (non-hydrogen) atoms. The van der Waals surface area contributed by atoms with Crippen LogP contribution in [0.5, 0.6) is 0 Å². The lowest BCUT2D eigenvalue weighted by molar-refractivity contribution is 0.0879. The Morgan fingerprint density at radius 3 is 2.20 bits per heavy atom. The second-order valence-corrected chi connectivity index (χ2v) is 7.73. The summed E-state index contributed by atoms with van der Waals surface area (Å²) in [6.07, 6.45) is 9.18. The Labute approximate surface area is 150 Å². The van der Waals surface area contributed by atoms with Gasteiger partial charge in [-0.1, -0.05) is 68.1 Å². The van der Waals surface area contributed by atoms with Crippen molar-refractivity contribution >= 4 is 5.91 Å². The molecule has 130 valence electrons. The van der Waals surface area contributed by atoms with E-state index in [1.165, 1.54) is 44.1 Å². The number of carbonyl (C=O) groups excluding carboxylic acids is 1. The van der Waals surface area contributed by atoms with Crippen molar-refractivity contribution in [3.8, 4) is 11.1 Å². The van der Waals surface area contributed by atoms with E-state index in [9.17, 15) is 4.79 Å². The Balaban J connectivity index is 1.38. The molecule has 2 heteroatoms. The van der Waals surface area contributed by atoms with Crippen LogP contribution in [0.1, 0.15) is 55.3 Å². The molecule has 4 rings (SSSR count). The van der Waals surface area contributed by atoms with Crippen molar-refractivity contribution in [1.82, 2.24) is 5.32 Å². The molecule has 2 nitrogen and oxygen atoms in total. The molecule has 2 fully saturated rings. The molecule has 0 bridgehead atoms. The summed E-state index contributed by atoms with van der Waals surface area (Å²) in [5, 5.41) is 3.29. The van der Waals surface area contributed by atoms with Crippen LogP contribution in [0.25, 0.3) is 11.1 Å². The highest BCUT2D eigenvalue weighted by Gasteiger charge is 2.32. The zero-order valence-corrected chi connectivity index (χ0v) is 14.8. The summed E-state index contributed by atoms with van der Waals surface area (Å²) in [6, 6.07) is 18.6. The molecule has 2 aliphatic rings. The zero-order chi connectivity index (χ0) is 17.1. The van der Waals surface area contributed by atoms with Crippen LogP contribution in [0, 0.1) is 11.8 Å². The minimum atomic E-state index is 0.0823. The lowest BCUT2D eigenvalue weighted by Gasteiger charge is -2.39. The maximum atomic E-state index is 12.6. The Hall–Kier alpha value is -2.09. The van der Waals surface area contributed by atoms with E-state index in [0.717, 1.165) is 29.4 Å². The Morgan fingerprint density at radius 1 is 0.760 bits per heavy atom.